The van der Waals surface area contributed by atoms with Crippen LogP contribution in [0.3, 0.4) is 0 Å². The van der Waals surface area contributed by atoms with E-state index in [1.807, 2.05) is 22.6 Å². The Morgan fingerprint density at radius 1 is 1.62 bits per heavy atom. The molecule has 1 aliphatic heterocycles. The zero-order chi connectivity index (χ0) is 15.7. The summed E-state index contributed by atoms with van der Waals surface area (Å²) in [6.07, 6.45) is 0. The first kappa shape index (κ1) is 16.0. The number of hydrazine groups is 1. The van der Waals surface area contributed by atoms with Crippen LogP contribution in [0.25, 0.3) is 5.70 Å². The fraction of sp³-hybridized carbons (Fsp3) is 0.250. The van der Waals surface area contributed by atoms with Gasteiger partial charge in [-0.25, -0.2) is 5.84 Å². The van der Waals surface area contributed by atoms with E-state index in [-0.39, 0.29) is 5.69 Å². The second-order valence-electron chi connectivity index (χ2n) is 4.41. The first-order valence-electron chi connectivity index (χ1n) is 5.83. The van der Waals surface area contributed by atoms with Crippen LogP contribution in [0.5, 0.6) is 0 Å². The monoisotopic (exact) mass is 421 g/mol. The molecule has 0 bridgehead atoms. The fourth-order valence-corrected chi connectivity index (χ4v) is 4.00. The van der Waals surface area contributed by atoms with Gasteiger partial charge in [0.2, 0.25) is 0 Å². The number of nitro benzene ring substituents is 1. The number of nitrogens with zero attached hydrogens (tertiary/aromatic N) is 2. The number of aliphatic carboxylic acids is 1. The minimum atomic E-state index is -0.959. The summed E-state index contributed by atoms with van der Waals surface area (Å²) < 4.78 is -0.733. The first-order valence-corrected chi connectivity index (χ1v) is 8.06. The number of nitrogens with two attached hydrogens (primary N) is 1. The third-order valence-electron chi connectivity index (χ3n) is 2.99. The number of halogens is 1. The van der Waals surface area contributed by atoms with Crippen molar-refractivity contribution < 1.29 is 14.8 Å². The molecule has 0 aliphatic carbocycles. The number of rotatable bonds is 4. The number of non-ortho nitro benzene ring substituents is 1. The van der Waals surface area contributed by atoms with E-state index in [1.165, 1.54) is 28.9 Å². The summed E-state index contributed by atoms with van der Waals surface area (Å²) in [7, 11) is 1.60. The van der Waals surface area contributed by atoms with Crippen molar-refractivity contribution in [2.75, 3.05) is 12.8 Å². The quantitative estimate of drug-likeness (QED) is 0.252. The zero-order valence-corrected chi connectivity index (χ0v) is 13.9. The van der Waals surface area contributed by atoms with Gasteiger partial charge in [0.15, 0.2) is 0 Å². The SMILES string of the molecule is CN(N)C1=C(C(I)C(=O)O)CSc2ccc([N+](=O)[O-])cc21. The van der Waals surface area contributed by atoms with Crippen molar-refractivity contribution in [1.29, 1.82) is 0 Å². The lowest BCUT2D eigenvalue weighted by Gasteiger charge is -2.28. The Balaban J connectivity index is 2.64. The second kappa shape index (κ2) is 6.20. The predicted octanol–water partition coefficient (Wildman–Crippen LogP) is 2.11. The van der Waals surface area contributed by atoms with E-state index in [4.69, 9.17) is 5.84 Å². The average molecular weight is 421 g/mol. The number of nitro groups is 1. The van der Waals surface area contributed by atoms with Crippen molar-refractivity contribution in [3.05, 3.63) is 39.4 Å². The molecular weight excluding hydrogens is 409 g/mol. The van der Waals surface area contributed by atoms with Crippen molar-refractivity contribution in [2.24, 2.45) is 5.84 Å². The van der Waals surface area contributed by atoms with Crippen molar-refractivity contribution in [1.82, 2.24) is 5.01 Å². The van der Waals surface area contributed by atoms with Crippen molar-refractivity contribution in [3.8, 4) is 0 Å². The Morgan fingerprint density at radius 3 is 2.81 bits per heavy atom. The van der Waals surface area contributed by atoms with Crippen LogP contribution in [0.15, 0.2) is 28.7 Å². The van der Waals surface area contributed by atoms with Gasteiger partial charge in [0.25, 0.3) is 5.69 Å². The third kappa shape index (κ3) is 3.14. The number of carboxylic acids is 1. The Morgan fingerprint density at radius 2 is 2.29 bits per heavy atom. The summed E-state index contributed by atoms with van der Waals surface area (Å²) in [5.41, 5.74) is 1.74. The first-order chi connectivity index (χ1) is 9.82. The molecule has 1 aromatic carbocycles. The molecule has 0 saturated carbocycles. The number of hydrogen-bond acceptors (Lipinski definition) is 6. The minimum Gasteiger partial charge on any atom is -0.480 e. The van der Waals surface area contributed by atoms with E-state index >= 15 is 0 Å². The summed E-state index contributed by atoms with van der Waals surface area (Å²) in [6, 6.07) is 4.54. The number of carboxylic acid groups (broad SMARTS) is 1. The molecule has 7 nitrogen and oxygen atoms in total. The van der Waals surface area contributed by atoms with Crippen molar-refractivity contribution >= 4 is 51.7 Å². The van der Waals surface area contributed by atoms with Crippen LogP contribution in [0.1, 0.15) is 5.56 Å². The molecule has 3 N–H and O–H groups in total. The number of carbonyl (C=O) groups is 1. The van der Waals surface area contributed by atoms with E-state index in [1.54, 1.807) is 13.1 Å². The largest absolute Gasteiger partial charge is 0.480 e. The maximum absolute atomic E-state index is 11.2. The van der Waals surface area contributed by atoms with Gasteiger partial charge in [-0.05, 0) is 11.6 Å². The third-order valence-corrected chi connectivity index (χ3v) is 5.40. The highest BCUT2D eigenvalue weighted by Gasteiger charge is 2.30. The molecule has 1 aliphatic rings. The van der Waals surface area contributed by atoms with Gasteiger partial charge >= 0.3 is 5.97 Å². The highest BCUT2D eigenvalue weighted by atomic mass is 127. The maximum Gasteiger partial charge on any atom is 0.320 e. The normalized spacial score (nSPS) is 15.4. The van der Waals surface area contributed by atoms with Gasteiger partial charge in [-0.2, -0.15) is 0 Å². The van der Waals surface area contributed by atoms with Gasteiger partial charge in [0.05, 0.1) is 10.6 Å². The summed E-state index contributed by atoms with van der Waals surface area (Å²) in [6.45, 7) is 0. The van der Waals surface area contributed by atoms with E-state index in [9.17, 15) is 20.0 Å². The maximum atomic E-state index is 11.2. The molecule has 1 unspecified atom stereocenters. The molecule has 0 spiro atoms. The van der Waals surface area contributed by atoms with Gasteiger partial charge in [-0.1, -0.05) is 22.6 Å². The summed E-state index contributed by atoms with van der Waals surface area (Å²) in [5, 5.41) is 21.5. The summed E-state index contributed by atoms with van der Waals surface area (Å²) >= 11 is 3.29. The lowest BCUT2D eigenvalue weighted by atomic mass is 10.0. The molecule has 0 radical (unpaired) electrons. The lowest BCUT2D eigenvalue weighted by Crippen LogP contribution is -2.31. The molecule has 1 heterocycles. The van der Waals surface area contributed by atoms with Gasteiger partial charge < -0.3 is 10.1 Å². The number of fused-ring (bicyclic) bond motifs is 1. The van der Waals surface area contributed by atoms with Crippen LogP contribution in [0, 0.1) is 10.1 Å². The molecule has 9 heteroatoms. The number of alkyl halides is 1. The van der Waals surface area contributed by atoms with Crippen molar-refractivity contribution in [3.63, 3.8) is 0 Å². The van der Waals surface area contributed by atoms with Crippen LogP contribution >= 0.6 is 34.4 Å². The van der Waals surface area contributed by atoms with Gasteiger partial charge in [-0.15, -0.1) is 11.8 Å². The van der Waals surface area contributed by atoms with Crippen LogP contribution in [-0.2, 0) is 4.79 Å². The molecule has 1 aromatic rings. The average Bonchev–Trinajstić information content (AvgIpc) is 2.43. The Labute approximate surface area is 138 Å². The fourth-order valence-electron chi connectivity index (χ4n) is 2.10. The number of hydrogen-bond donors (Lipinski definition) is 2. The molecule has 112 valence electrons. The molecule has 0 fully saturated rings. The van der Waals surface area contributed by atoms with E-state index < -0.39 is 14.8 Å². The van der Waals surface area contributed by atoms with Crippen LogP contribution in [-0.4, -0.2) is 37.7 Å². The molecule has 21 heavy (non-hydrogen) atoms. The summed E-state index contributed by atoms with van der Waals surface area (Å²) in [4.78, 5) is 22.5. The topological polar surface area (TPSA) is 110 Å². The highest BCUT2D eigenvalue weighted by Crippen LogP contribution is 2.41. The lowest BCUT2D eigenvalue weighted by molar-refractivity contribution is -0.384. The van der Waals surface area contributed by atoms with Crippen LogP contribution in [0.4, 0.5) is 5.69 Å². The van der Waals surface area contributed by atoms with Gasteiger partial charge in [0.1, 0.15) is 3.92 Å². The summed E-state index contributed by atoms with van der Waals surface area (Å²) in [5.74, 6) is 5.37. The second-order valence-corrected chi connectivity index (χ2v) is 6.67. The number of benzene rings is 1. The predicted molar refractivity (Wildman–Crippen MR) is 88.1 cm³/mol. The number of thioether (sulfide) groups is 1. The Bertz CT molecular complexity index is 647. The van der Waals surface area contributed by atoms with E-state index in [0.29, 0.717) is 22.6 Å². The molecule has 1 atom stereocenters. The van der Waals surface area contributed by atoms with Crippen molar-refractivity contribution in [2.45, 2.75) is 8.82 Å². The minimum absolute atomic E-state index is 0.0460. The van der Waals surface area contributed by atoms with Gasteiger partial charge in [0, 0.05) is 35.4 Å². The van der Waals surface area contributed by atoms with E-state index in [2.05, 4.69) is 0 Å². The van der Waals surface area contributed by atoms with E-state index in [0.717, 1.165) is 4.90 Å². The molecule has 0 amide bonds. The molecular formula is C12H12IN3O4S. The Kier molecular flexibility index (Phi) is 4.74. The molecule has 0 saturated heterocycles. The standard InChI is InChI=1S/C12H12IN3O4S/c1-15(14)11-7-4-6(16(19)20)2-3-9(7)21-5-8(11)10(13)12(17)18/h2-4,10H,5,14H2,1H3,(H,17,18). The van der Waals surface area contributed by atoms with Crippen LogP contribution < -0.4 is 5.84 Å². The smallest absolute Gasteiger partial charge is 0.320 e. The molecule has 0 aromatic heterocycles. The van der Waals surface area contributed by atoms with Gasteiger partial charge in [-0.3, -0.25) is 14.9 Å². The zero-order valence-electron chi connectivity index (χ0n) is 10.9. The molecule has 2 rings (SSSR count). The highest BCUT2D eigenvalue weighted by molar-refractivity contribution is 14.1. The Hall–Kier alpha value is -1.33. The van der Waals surface area contributed by atoms with Crippen LogP contribution in [0.2, 0.25) is 0 Å².